The van der Waals surface area contributed by atoms with E-state index < -0.39 is 0 Å². The summed E-state index contributed by atoms with van der Waals surface area (Å²) in [4.78, 5) is 22.3. The number of nitrogens with one attached hydrogen (secondary N) is 1. The summed E-state index contributed by atoms with van der Waals surface area (Å²) >= 11 is 3.38. The van der Waals surface area contributed by atoms with Gasteiger partial charge in [-0.25, -0.2) is 10.5 Å². The highest BCUT2D eigenvalue weighted by molar-refractivity contribution is 9.10. The van der Waals surface area contributed by atoms with Gasteiger partial charge in [0.2, 0.25) is 5.95 Å². The third-order valence-electron chi connectivity index (χ3n) is 2.83. The van der Waals surface area contributed by atoms with Crippen LogP contribution in [-0.2, 0) is 11.4 Å². The number of hydrogen-bond donors (Lipinski definition) is 1. The molecule has 0 saturated carbocycles. The number of rotatable bonds is 6. The molecule has 0 unspecified atom stereocenters. The zero-order valence-corrected chi connectivity index (χ0v) is 13.2. The van der Waals surface area contributed by atoms with Gasteiger partial charge < -0.3 is 0 Å². The van der Waals surface area contributed by atoms with Crippen LogP contribution in [0.3, 0.4) is 0 Å². The van der Waals surface area contributed by atoms with Gasteiger partial charge in [0.25, 0.3) is 5.56 Å². The van der Waals surface area contributed by atoms with Crippen LogP contribution in [0.5, 0.6) is 0 Å². The molecule has 1 aromatic carbocycles. The Balaban J connectivity index is 2.51. The highest BCUT2D eigenvalue weighted by Crippen LogP contribution is 2.17. The number of halogens is 1. The molecular formula is C14H18BrN3O2. The molecule has 2 rings (SSSR count). The van der Waals surface area contributed by atoms with Crippen LogP contribution in [0.2, 0.25) is 0 Å². The maximum Gasteiger partial charge on any atom is 0.262 e. The van der Waals surface area contributed by atoms with Crippen LogP contribution < -0.4 is 11.0 Å². The molecule has 108 valence electrons. The first-order valence-corrected chi connectivity index (χ1v) is 7.54. The van der Waals surface area contributed by atoms with E-state index in [1.54, 1.807) is 10.6 Å². The van der Waals surface area contributed by atoms with Gasteiger partial charge in [-0.3, -0.25) is 14.2 Å². The fourth-order valence-corrected chi connectivity index (χ4v) is 2.28. The maximum absolute atomic E-state index is 12.5. The summed E-state index contributed by atoms with van der Waals surface area (Å²) in [5, 5.41) is 0.605. The van der Waals surface area contributed by atoms with E-state index in [1.807, 2.05) is 26.0 Å². The lowest BCUT2D eigenvalue weighted by Crippen LogP contribution is -2.25. The average molecular weight is 340 g/mol. The Labute approximate surface area is 126 Å². The third kappa shape index (κ3) is 3.19. The van der Waals surface area contributed by atoms with Crippen molar-refractivity contribution in [3.05, 3.63) is 33.0 Å². The number of hydrogen-bond acceptors (Lipinski definition) is 4. The predicted molar refractivity (Wildman–Crippen MR) is 83.9 cm³/mol. The lowest BCUT2D eigenvalue weighted by Gasteiger charge is -2.13. The van der Waals surface area contributed by atoms with Gasteiger partial charge in [-0.15, -0.1) is 0 Å². The molecule has 1 aromatic heterocycles. The van der Waals surface area contributed by atoms with Gasteiger partial charge in [-0.1, -0.05) is 29.8 Å². The molecule has 0 amide bonds. The molecule has 0 aliphatic heterocycles. The van der Waals surface area contributed by atoms with Crippen molar-refractivity contribution in [1.82, 2.24) is 9.55 Å². The Morgan fingerprint density at radius 1 is 1.35 bits per heavy atom. The van der Waals surface area contributed by atoms with Crippen LogP contribution >= 0.6 is 15.9 Å². The van der Waals surface area contributed by atoms with Gasteiger partial charge in [-0.2, -0.15) is 0 Å². The van der Waals surface area contributed by atoms with Crippen molar-refractivity contribution in [2.24, 2.45) is 0 Å². The van der Waals surface area contributed by atoms with Crippen molar-refractivity contribution in [3.63, 3.8) is 0 Å². The number of benzene rings is 1. The lowest BCUT2D eigenvalue weighted by atomic mass is 10.2. The molecular weight excluding hydrogens is 322 g/mol. The van der Waals surface area contributed by atoms with Crippen molar-refractivity contribution in [2.75, 3.05) is 12.1 Å². The van der Waals surface area contributed by atoms with Crippen LogP contribution in [0.4, 0.5) is 5.95 Å². The van der Waals surface area contributed by atoms with E-state index in [0.29, 0.717) is 30.0 Å². The van der Waals surface area contributed by atoms with Crippen LogP contribution in [0.15, 0.2) is 27.5 Å². The zero-order valence-electron chi connectivity index (χ0n) is 11.6. The number of nitrogens with zero attached hydrogens (tertiary/aromatic N) is 2. The summed E-state index contributed by atoms with van der Waals surface area (Å²) in [6.45, 7) is 5.22. The highest BCUT2D eigenvalue weighted by Gasteiger charge is 2.10. The zero-order chi connectivity index (χ0) is 14.5. The standard InChI is InChI=1S/C14H18BrN3O2/c1-3-7-18-13(19)11-9-10(15)5-6-12(11)16-14(18)17-20-8-4-2/h5-6,9H,3-4,7-8H2,1-2H3,(H,16,17). The minimum absolute atomic E-state index is 0.0549. The fourth-order valence-electron chi connectivity index (χ4n) is 1.92. The first kappa shape index (κ1) is 15.0. The van der Waals surface area contributed by atoms with E-state index in [1.165, 1.54) is 0 Å². The largest absolute Gasteiger partial charge is 0.277 e. The van der Waals surface area contributed by atoms with E-state index in [4.69, 9.17) is 4.84 Å². The second-order valence-electron chi connectivity index (χ2n) is 4.50. The molecule has 1 N–H and O–H groups in total. The SMILES string of the molecule is CCCONc1nc2ccc(Br)cc2c(=O)n1CCC. The van der Waals surface area contributed by atoms with Crippen LogP contribution in [-0.4, -0.2) is 16.2 Å². The van der Waals surface area contributed by atoms with Crippen LogP contribution in [0.25, 0.3) is 10.9 Å². The normalized spacial score (nSPS) is 10.9. The summed E-state index contributed by atoms with van der Waals surface area (Å²) in [5.41, 5.74) is 3.39. The molecule has 0 spiro atoms. The molecule has 0 atom stereocenters. The number of fused-ring (bicyclic) bond motifs is 1. The van der Waals surface area contributed by atoms with Gasteiger partial charge in [0.1, 0.15) is 0 Å². The monoisotopic (exact) mass is 339 g/mol. The van der Waals surface area contributed by atoms with E-state index >= 15 is 0 Å². The Morgan fingerprint density at radius 3 is 2.85 bits per heavy atom. The summed E-state index contributed by atoms with van der Waals surface area (Å²) in [7, 11) is 0. The predicted octanol–water partition coefficient (Wildman–Crippen LogP) is 3.32. The second kappa shape index (κ2) is 6.85. The molecule has 0 aliphatic carbocycles. The van der Waals surface area contributed by atoms with Crippen molar-refractivity contribution in [2.45, 2.75) is 33.2 Å². The number of anilines is 1. The minimum Gasteiger partial charge on any atom is -0.277 e. The summed E-state index contributed by atoms with van der Waals surface area (Å²) < 4.78 is 2.49. The van der Waals surface area contributed by atoms with Gasteiger partial charge in [-0.05, 0) is 31.0 Å². The van der Waals surface area contributed by atoms with Crippen LogP contribution in [0, 0.1) is 0 Å². The molecule has 1 heterocycles. The van der Waals surface area contributed by atoms with Gasteiger partial charge in [0.15, 0.2) is 0 Å². The second-order valence-corrected chi connectivity index (χ2v) is 5.42. The Kier molecular flexibility index (Phi) is 5.14. The van der Waals surface area contributed by atoms with Crippen molar-refractivity contribution >= 4 is 32.8 Å². The Hall–Kier alpha value is -1.40. The van der Waals surface area contributed by atoms with Gasteiger partial charge in [0, 0.05) is 11.0 Å². The first-order chi connectivity index (χ1) is 9.67. The van der Waals surface area contributed by atoms with E-state index in [2.05, 4.69) is 26.4 Å². The highest BCUT2D eigenvalue weighted by atomic mass is 79.9. The molecule has 0 radical (unpaired) electrons. The molecule has 20 heavy (non-hydrogen) atoms. The van der Waals surface area contributed by atoms with E-state index in [0.717, 1.165) is 17.3 Å². The summed E-state index contributed by atoms with van der Waals surface area (Å²) in [6, 6.07) is 5.49. The quantitative estimate of drug-likeness (QED) is 0.647. The third-order valence-corrected chi connectivity index (χ3v) is 3.33. The average Bonchev–Trinajstić information content (AvgIpc) is 2.44. The van der Waals surface area contributed by atoms with Crippen molar-refractivity contribution in [1.29, 1.82) is 0 Å². The van der Waals surface area contributed by atoms with Crippen molar-refractivity contribution in [3.8, 4) is 0 Å². The maximum atomic E-state index is 12.5. The molecule has 0 saturated heterocycles. The lowest BCUT2D eigenvalue weighted by molar-refractivity contribution is 0.189. The van der Waals surface area contributed by atoms with Crippen molar-refractivity contribution < 1.29 is 4.84 Å². The van der Waals surface area contributed by atoms with Crippen LogP contribution in [0.1, 0.15) is 26.7 Å². The molecule has 0 bridgehead atoms. The Bertz CT molecular complexity index is 655. The fraction of sp³-hybridized carbons (Fsp3) is 0.429. The molecule has 6 heteroatoms. The van der Waals surface area contributed by atoms with E-state index in [-0.39, 0.29) is 5.56 Å². The molecule has 0 aliphatic rings. The minimum atomic E-state index is -0.0549. The number of aromatic nitrogens is 2. The van der Waals surface area contributed by atoms with Gasteiger partial charge in [0.05, 0.1) is 17.5 Å². The van der Waals surface area contributed by atoms with Gasteiger partial charge >= 0.3 is 0 Å². The topological polar surface area (TPSA) is 56.1 Å². The first-order valence-electron chi connectivity index (χ1n) is 6.75. The molecule has 5 nitrogen and oxygen atoms in total. The molecule has 2 aromatic rings. The molecule has 0 fully saturated rings. The smallest absolute Gasteiger partial charge is 0.262 e. The Morgan fingerprint density at radius 2 is 2.15 bits per heavy atom. The van der Waals surface area contributed by atoms with E-state index in [9.17, 15) is 4.79 Å². The summed E-state index contributed by atoms with van der Waals surface area (Å²) in [5.74, 6) is 0.458. The summed E-state index contributed by atoms with van der Waals surface area (Å²) in [6.07, 6.45) is 1.75.